The predicted octanol–water partition coefficient (Wildman–Crippen LogP) is 4.21. The number of carbonyl (C=O) groups excluding carboxylic acids is 2. The van der Waals surface area contributed by atoms with E-state index >= 15 is 0 Å². The fourth-order valence-corrected chi connectivity index (χ4v) is 3.32. The molecule has 0 fully saturated rings. The van der Waals surface area contributed by atoms with Crippen LogP contribution in [-0.4, -0.2) is 34.4 Å². The molecular weight excluding hydrogens is 457 g/mol. The Morgan fingerprint density at radius 1 is 1.03 bits per heavy atom. The van der Waals surface area contributed by atoms with Crippen molar-refractivity contribution in [2.45, 2.75) is 0 Å². The Bertz CT molecular complexity index is 1340. The first kappa shape index (κ1) is 22.9. The zero-order valence-corrected chi connectivity index (χ0v) is 18.5. The van der Waals surface area contributed by atoms with Crippen LogP contribution >= 0.6 is 11.6 Å². The summed E-state index contributed by atoms with van der Waals surface area (Å²) >= 11 is 5.88. The summed E-state index contributed by atoms with van der Waals surface area (Å²) in [5.74, 6) is -1.29. The maximum atomic E-state index is 13.4. The zero-order valence-electron chi connectivity index (χ0n) is 17.8. The van der Waals surface area contributed by atoms with Gasteiger partial charge in [0.15, 0.2) is 0 Å². The number of aromatic nitrogens is 2. The highest BCUT2D eigenvalue weighted by molar-refractivity contribution is 6.31. The van der Waals surface area contributed by atoms with Crippen LogP contribution in [0.4, 0.5) is 4.39 Å². The molecule has 0 aliphatic heterocycles. The molecule has 1 heterocycles. The van der Waals surface area contributed by atoms with E-state index < -0.39 is 11.8 Å². The summed E-state index contributed by atoms with van der Waals surface area (Å²) in [6.45, 7) is -0.267. The first-order valence-corrected chi connectivity index (χ1v) is 10.6. The second-order valence-corrected chi connectivity index (χ2v) is 7.64. The van der Waals surface area contributed by atoms with Gasteiger partial charge in [-0.2, -0.15) is 10.2 Å². The molecule has 0 radical (unpaired) electrons. The highest BCUT2D eigenvalue weighted by Gasteiger charge is 2.12. The van der Waals surface area contributed by atoms with Gasteiger partial charge >= 0.3 is 0 Å². The topological polar surface area (TPSA) is 88.4 Å². The van der Waals surface area contributed by atoms with Crippen LogP contribution in [0, 0.1) is 5.82 Å². The maximum absolute atomic E-state index is 13.4. The molecule has 0 unspecified atom stereocenters. The normalized spacial score (nSPS) is 10.9. The minimum absolute atomic E-state index is 0.267. The largest absolute Gasteiger partial charge is 0.343 e. The van der Waals surface area contributed by atoms with E-state index in [0.29, 0.717) is 27.4 Å². The monoisotopic (exact) mass is 475 g/mol. The van der Waals surface area contributed by atoms with Gasteiger partial charge in [0, 0.05) is 27.9 Å². The SMILES string of the molecule is O=C(CNC(=O)c1cccc(Cl)c1)N/N=C\c1cn(-c2ccccc2)nc1-c1ccc(F)cc1. The maximum Gasteiger partial charge on any atom is 0.259 e. The first-order chi connectivity index (χ1) is 16.5. The molecule has 0 saturated heterocycles. The molecule has 1 aromatic heterocycles. The van der Waals surface area contributed by atoms with Crippen molar-refractivity contribution in [3.05, 3.63) is 107 Å². The number of benzene rings is 3. The van der Waals surface area contributed by atoms with E-state index in [9.17, 15) is 14.0 Å². The lowest BCUT2D eigenvalue weighted by Gasteiger charge is -2.04. The van der Waals surface area contributed by atoms with Crippen LogP contribution in [0.5, 0.6) is 0 Å². The molecule has 0 aliphatic rings. The average molecular weight is 476 g/mol. The van der Waals surface area contributed by atoms with Crippen molar-refractivity contribution in [1.82, 2.24) is 20.5 Å². The van der Waals surface area contributed by atoms with Crippen LogP contribution in [0.25, 0.3) is 16.9 Å². The van der Waals surface area contributed by atoms with Crippen molar-refractivity contribution in [2.75, 3.05) is 6.54 Å². The van der Waals surface area contributed by atoms with Gasteiger partial charge in [0.05, 0.1) is 18.4 Å². The number of hydrogen-bond acceptors (Lipinski definition) is 4. The van der Waals surface area contributed by atoms with Crippen LogP contribution in [0.1, 0.15) is 15.9 Å². The van der Waals surface area contributed by atoms with E-state index in [1.807, 2.05) is 30.3 Å². The number of hydrogen-bond donors (Lipinski definition) is 2. The second kappa shape index (κ2) is 10.5. The molecular formula is C25H19ClFN5O2. The Labute approximate surface area is 199 Å². The molecule has 0 aliphatic carbocycles. The second-order valence-electron chi connectivity index (χ2n) is 7.21. The van der Waals surface area contributed by atoms with E-state index in [0.717, 1.165) is 5.69 Å². The average Bonchev–Trinajstić information content (AvgIpc) is 3.27. The number of hydrazone groups is 1. The molecule has 2 amide bonds. The third kappa shape index (κ3) is 5.73. The van der Waals surface area contributed by atoms with Gasteiger partial charge in [-0.1, -0.05) is 35.9 Å². The van der Waals surface area contributed by atoms with Gasteiger partial charge in [0.1, 0.15) is 11.5 Å². The summed E-state index contributed by atoms with van der Waals surface area (Å²) in [5.41, 5.74) is 5.43. The fraction of sp³-hybridized carbons (Fsp3) is 0.0400. The van der Waals surface area contributed by atoms with Gasteiger partial charge < -0.3 is 5.32 Å². The highest BCUT2D eigenvalue weighted by Crippen LogP contribution is 2.23. The van der Waals surface area contributed by atoms with Crippen LogP contribution < -0.4 is 10.7 Å². The van der Waals surface area contributed by atoms with Gasteiger partial charge in [-0.25, -0.2) is 14.5 Å². The molecule has 7 nitrogen and oxygen atoms in total. The number of rotatable bonds is 7. The summed E-state index contributed by atoms with van der Waals surface area (Å²) in [7, 11) is 0. The Morgan fingerprint density at radius 3 is 2.53 bits per heavy atom. The van der Waals surface area contributed by atoms with Crippen LogP contribution in [0.2, 0.25) is 5.02 Å². The summed E-state index contributed by atoms with van der Waals surface area (Å²) in [4.78, 5) is 24.3. The molecule has 0 saturated carbocycles. The van der Waals surface area contributed by atoms with Gasteiger partial charge in [0.2, 0.25) is 0 Å². The molecule has 4 aromatic rings. The third-order valence-corrected chi connectivity index (χ3v) is 5.01. The minimum Gasteiger partial charge on any atom is -0.343 e. The molecule has 9 heteroatoms. The van der Waals surface area contributed by atoms with Gasteiger partial charge in [0.25, 0.3) is 11.8 Å². The van der Waals surface area contributed by atoms with Crippen molar-refractivity contribution in [3.8, 4) is 16.9 Å². The Kier molecular flexibility index (Phi) is 7.10. The first-order valence-electron chi connectivity index (χ1n) is 10.3. The molecule has 4 rings (SSSR count). The molecule has 34 heavy (non-hydrogen) atoms. The smallest absolute Gasteiger partial charge is 0.259 e. The van der Waals surface area contributed by atoms with E-state index in [2.05, 4.69) is 20.9 Å². The number of nitrogens with one attached hydrogen (secondary N) is 2. The van der Waals surface area contributed by atoms with Crippen molar-refractivity contribution in [2.24, 2.45) is 5.10 Å². The van der Waals surface area contributed by atoms with Gasteiger partial charge in [-0.15, -0.1) is 0 Å². The zero-order chi connectivity index (χ0) is 23.9. The van der Waals surface area contributed by atoms with Gasteiger partial charge in [-0.05, 0) is 54.6 Å². The van der Waals surface area contributed by atoms with Crippen molar-refractivity contribution in [3.63, 3.8) is 0 Å². The predicted molar refractivity (Wildman–Crippen MR) is 128 cm³/mol. The molecule has 0 spiro atoms. The Balaban J connectivity index is 1.46. The molecule has 0 atom stereocenters. The fourth-order valence-electron chi connectivity index (χ4n) is 3.13. The highest BCUT2D eigenvalue weighted by atomic mass is 35.5. The summed E-state index contributed by atoms with van der Waals surface area (Å²) in [5, 5.41) is 11.5. The number of amides is 2. The standard InChI is InChI=1S/C25H19ClFN5O2/c26-20-6-4-5-18(13-20)25(34)28-15-23(33)30-29-14-19-16-32(22-7-2-1-3-8-22)31-24(19)17-9-11-21(27)12-10-17/h1-14,16H,15H2,(H,28,34)(H,30,33)/b29-14-. The molecule has 0 bridgehead atoms. The van der Waals surface area contributed by atoms with E-state index in [4.69, 9.17) is 11.6 Å². The lowest BCUT2D eigenvalue weighted by atomic mass is 10.1. The molecule has 3 aromatic carbocycles. The van der Waals surface area contributed by atoms with Crippen molar-refractivity contribution < 1.29 is 14.0 Å². The van der Waals surface area contributed by atoms with Crippen LogP contribution in [0.15, 0.2) is 90.2 Å². The number of halogens is 2. The number of carbonyl (C=O) groups is 2. The van der Waals surface area contributed by atoms with Crippen LogP contribution in [0.3, 0.4) is 0 Å². The Hall–Kier alpha value is -4.30. The lowest BCUT2D eigenvalue weighted by molar-refractivity contribution is -0.120. The summed E-state index contributed by atoms with van der Waals surface area (Å²) in [6, 6.07) is 21.8. The van der Waals surface area contributed by atoms with Crippen LogP contribution in [-0.2, 0) is 4.79 Å². The minimum atomic E-state index is -0.509. The quantitative estimate of drug-likeness (QED) is 0.310. The molecule has 170 valence electrons. The number of nitrogens with zero attached hydrogens (tertiary/aromatic N) is 3. The lowest BCUT2D eigenvalue weighted by Crippen LogP contribution is -2.34. The van der Waals surface area contributed by atoms with Crippen molar-refractivity contribution >= 4 is 29.6 Å². The van der Waals surface area contributed by atoms with E-state index in [1.165, 1.54) is 24.4 Å². The third-order valence-electron chi connectivity index (χ3n) is 4.77. The van der Waals surface area contributed by atoms with E-state index in [-0.39, 0.29) is 12.4 Å². The number of para-hydroxylation sites is 1. The van der Waals surface area contributed by atoms with E-state index in [1.54, 1.807) is 41.2 Å². The summed E-state index contributed by atoms with van der Waals surface area (Å²) in [6.07, 6.45) is 3.20. The van der Waals surface area contributed by atoms with Gasteiger partial charge in [-0.3, -0.25) is 9.59 Å². The molecule has 2 N–H and O–H groups in total. The van der Waals surface area contributed by atoms with Crippen molar-refractivity contribution in [1.29, 1.82) is 0 Å². The Morgan fingerprint density at radius 2 is 1.79 bits per heavy atom. The summed E-state index contributed by atoms with van der Waals surface area (Å²) < 4.78 is 15.1.